The van der Waals surface area contributed by atoms with Crippen molar-refractivity contribution in [3.05, 3.63) is 35.4 Å². The van der Waals surface area contributed by atoms with Crippen LogP contribution in [0.1, 0.15) is 20.7 Å². The van der Waals surface area contributed by atoms with Crippen molar-refractivity contribution in [1.29, 1.82) is 0 Å². The molecule has 1 aliphatic rings. The zero-order valence-electron chi connectivity index (χ0n) is 7.47. The number of imide groups is 1. The largest absolute Gasteiger partial charge is 0.330 e. The van der Waals surface area contributed by atoms with Crippen LogP contribution in [0.4, 0.5) is 0 Å². The van der Waals surface area contributed by atoms with Crippen LogP contribution in [0, 0.1) is 0 Å². The van der Waals surface area contributed by atoms with Gasteiger partial charge in [0.25, 0.3) is 11.8 Å². The molecule has 0 bridgehead atoms. The lowest BCUT2D eigenvalue weighted by Gasteiger charge is -1.88. The summed E-state index contributed by atoms with van der Waals surface area (Å²) in [6, 6.07) is 6.74. The summed E-state index contributed by atoms with van der Waals surface area (Å²) in [4.78, 5) is 33.5. The minimum atomic E-state index is -0.300. The lowest BCUT2D eigenvalue weighted by atomic mass is 10.1. The summed E-state index contributed by atoms with van der Waals surface area (Å²) in [5.41, 5.74) is 0.940. The molecule has 0 unspecified atom stereocenters. The van der Waals surface area contributed by atoms with E-state index >= 15 is 0 Å². The van der Waals surface area contributed by atoms with Gasteiger partial charge in [-0.2, -0.15) is 0 Å². The Morgan fingerprint density at radius 2 is 1.53 bits per heavy atom. The van der Waals surface area contributed by atoms with Crippen molar-refractivity contribution in [2.24, 2.45) is 0 Å². The van der Waals surface area contributed by atoms with Gasteiger partial charge in [-0.05, 0) is 12.1 Å². The van der Waals surface area contributed by atoms with Gasteiger partial charge in [0.1, 0.15) is 0 Å². The topological polar surface area (TPSA) is 92.7 Å². The van der Waals surface area contributed by atoms with Gasteiger partial charge in [-0.15, -0.1) is 0 Å². The maximum atomic E-state index is 10.9. The summed E-state index contributed by atoms with van der Waals surface area (Å²) in [5.74, 6) is -0.601. The van der Waals surface area contributed by atoms with Crippen LogP contribution in [0.5, 0.6) is 0 Å². The first-order valence-corrected chi connectivity index (χ1v) is 3.89. The van der Waals surface area contributed by atoms with E-state index in [-0.39, 0.29) is 18.3 Å². The lowest BCUT2D eigenvalue weighted by Crippen LogP contribution is -2.19. The molecule has 1 aliphatic heterocycles. The smallest absolute Gasteiger partial charge is 0.304 e. The Morgan fingerprint density at radius 1 is 1.13 bits per heavy atom. The molecule has 0 saturated carbocycles. The van der Waals surface area contributed by atoms with E-state index in [9.17, 15) is 9.59 Å². The average Bonchev–Trinajstić information content (AvgIpc) is 2.56. The highest BCUT2D eigenvalue weighted by molar-refractivity contribution is 6.21. The Hall–Kier alpha value is -2.21. The molecule has 2 rings (SSSR count). The van der Waals surface area contributed by atoms with E-state index < -0.39 is 0 Å². The molecule has 2 amide bonds. The molecule has 0 aromatic heterocycles. The summed E-state index contributed by atoms with van der Waals surface area (Å²) in [7, 11) is 0. The van der Waals surface area contributed by atoms with Crippen LogP contribution < -0.4 is 5.32 Å². The highest BCUT2D eigenvalue weighted by Gasteiger charge is 2.25. The second-order valence-corrected chi connectivity index (χ2v) is 2.53. The summed E-state index contributed by atoms with van der Waals surface area (Å²) in [6.07, 6.45) is 0. The van der Waals surface area contributed by atoms with Gasteiger partial charge in [0.2, 0.25) is 0 Å². The molecule has 0 aliphatic carbocycles. The second-order valence-electron chi connectivity index (χ2n) is 2.53. The first-order chi connectivity index (χ1) is 7.20. The van der Waals surface area contributed by atoms with Gasteiger partial charge < -0.3 is 4.89 Å². The number of fused-ring (bicyclic) bond motifs is 1. The van der Waals surface area contributed by atoms with Gasteiger partial charge >= 0.3 is 6.47 Å². The van der Waals surface area contributed by atoms with Gasteiger partial charge in [0.15, 0.2) is 0 Å². The van der Waals surface area contributed by atoms with Crippen molar-refractivity contribution < 1.29 is 24.5 Å². The Bertz CT molecular complexity index is 368. The number of amides is 2. The molecule has 0 radical (unpaired) electrons. The zero-order valence-corrected chi connectivity index (χ0v) is 7.47. The molecule has 1 aromatic carbocycles. The normalized spacial score (nSPS) is 12.1. The fourth-order valence-corrected chi connectivity index (χ4v) is 1.12. The van der Waals surface area contributed by atoms with Crippen molar-refractivity contribution >= 4 is 18.3 Å². The Labute approximate surface area is 84.4 Å². The Morgan fingerprint density at radius 3 is 1.87 bits per heavy atom. The van der Waals surface area contributed by atoms with Gasteiger partial charge in [0, 0.05) is 0 Å². The van der Waals surface area contributed by atoms with E-state index in [1.807, 2.05) is 0 Å². The predicted molar refractivity (Wildman–Crippen MR) is 48.0 cm³/mol. The third kappa shape index (κ3) is 2.38. The van der Waals surface area contributed by atoms with Crippen LogP contribution in [0.3, 0.4) is 0 Å². The Balaban J connectivity index is 0.000000245. The number of rotatable bonds is 1. The van der Waals surface area contributed by atoms with Gasteiger partial charge in [0.05, 0.1) is 11.1 Å². The first-order valence-electron chi connectivity index (χ1n) is 3.89. The Kier molecular flexibility index (Phi) is 3.53. The summed E-state index contributed by atoms with van der Waals surface area (Å²) in [6.45, 7) is -0.0694. The van der Waals surface area contributed by atoms with Crippen molar-refractivity contribution in [2.45, 2.75) is 0 Å². The summed E-state index contributed by atoms with van der Waals surface area (Å²) < 4.78 is 0. The van der Waals surface area contributed by atoms with Crippen LogP contribution in [0.2, 0.25) is 0 Å². The number of carbonyl (C=O) groups excluding carboxylic acids is 3. The predicted octanol–water partition coefficient (Wildman–Crippen LogP) is 0.203. The average molecular weight is 209 g/mol. The molecular formula is C9H7NO5. The number of benzene rings is 1. The van der Waals surface area contributed by atoms with Gasteiger partial charge in [-0.1, -0.05) is 12.1 Å². The second kappa shape index (κ2) is 4.87. The maximum Gasteiger partial charge on any atom is 0.330 e. The monoisotopic (exact) mass is 209 g/mol. The van der Waals surface area contributed by atoms with Crippen LogP contribution >= 0.6 is 0 Å². The summed E-state index contributed by atoms with van der Waals surface area (Å²) in [5, 5.41) is 9.21. The van der Waals surface area contributed by atoms with E-state index in [1.165, 1.54) is 0 Å². The number of hydrogen-bond acceptors (Lipinski definition) is 5. The van der Waals surface area contributed by atoms with Crippen LogP contribution in [-0.4, -0.2) is 23.5 Å². The third-order valence-corrected chi connectivity index (χ3v) is 1.69. The maximum absolute atomic E-state index is 10.9. The molecule has 2 N–H and O–H groups in total. The third-order valence-electron chi connectivity index (χ3n) is 1.69. The van der Waals surface area contributed by atoms with Crippen LogP contribution in [-0.2, 0) is 9.68 Å². The van der Waals surface area contributed by atoms with Crippen LogP contribution in [0.15, 0.2) is 24.3 Å². The molecule has 0 spiro atoms. The lowest BCUT2D eigenvalue weighted by molar-refractivity contribution is -0.217. The molecule has 78 valence electrons. The molecule has 6 heteroatoms. The standard InChI is InChI=1S/C8H5NO2.CH2O3/c10-7-5-3-1-2-4-6(5)8(11)9-7;2-1-4-3/h1-4H,(H,9,10,11);1,3H. The molecule has 1 aromatic rings. The molecule has 6 nitrogen and oxygen atoms in total. The van der Waals surface area contributed by atoms with E-state index in [4.69, 9.17) is 10.1 Å². The fraction of sp³-hybridized carbons (Fsp3) is 0. The van der Waals surface area contributed by atoms with Crippen LogP contribution in [0.25, 0.3) is 0 Å². The minimum absolute atomic E-state index is 0.0694. The SMILES string of the molecule is O=C1NC(=O)c2ccccc21.O=COO. The molecular weight excluding hydrogens is 202 g/mol. The van der Waals surface area contributed by atoms with Crippen molar-refractivity contribution in [2.75, 3.05) is 0 Å². The number of nitrogens with one attached hydrogen (secondary N) is 1. The highest BCUT2D eigenvalue weighted by atomic mass is 17.1. The molecule has 0 atom stereocenters. The van der Waals surface area contributed by atoms with E-state index in [0.717, 1.165) is 0 Å². The van der Waals surface area contributed by atoms with Crippen molar-refractivity contribution in [3.63, 3.8) is 0 Å². The molecule has 0 saturated heterocycles. The zero-order chi connectivity index (χ0) is 11.3. The summed E-state index contributed by atoms with van der Waals surface area (Å²) >= 11 is 0. The quantitative estimate of drug-likeness (QED) is 0.298. The molecule has 0 fully saturated rings. The fourth-order valence-electron chi connectivity index (χ4n) is 1.12. The minimum Gasteiger partial charge on any atom is -0.304 e. The molecule has 15 heavy (non-hydrogen) atoms. The van der Waals surface area contributed by atoms with Crippen molar-refractivity contribution in [3.8, 4) is 0 Å². The van der Waals surface area contributed by atoms with E-state index in [1.54, 1.807) is 24.3 Å². The van der Waals surface area contributed by atoms with E-state index in [0.29, 0.717) is 11.1 Å². The molecule has 1 heterocycles. The number of hydrogen-bond donors (Lipinski definition) is 2. The van der Waals surface area contributed by atoms with Gasteiger partial charge in [-0.25, -0.2) is 5.26 Å². The first kappa shape index (κ1) is 10.9. The van der Waals surface area contributed by atoms with Gasteiger partial charge in [-0.3, -0.25) is 19.7 Å². The van der Waals surface area contributed by atoms with E-state index in [2.05, 4.69) is 10.2 Å². The van der Waals surface area contributed by atoms with Crippen molar-refractivity contribution in [1.82, 2.24) is 5.32 Å². The number of carbonyl (C=O) groups is 3. The highest BCUT2D eigenvalue weighted by Crippen LogP contribution is 2.13.